The van der Waals surface area contributed by atoms with Crippen LogP contribution in [0.5, 0.6) is 0 Å². The Labute approximate surface area is 132 Å². The minimum Gasteiger partial charge on any atom is -0.331 e. The molecule has 1 fully saturated rings. The zero-order valence-corrected chi connectivity index (χ0v) is 12.7. The Kier molecular flexibility index (Phi) is 4.08. The van der Waals surface area contributed by atoms with Crippen molar-refractivity contribution in [2.45, 2.75) is 25.4 Å². The number of carbonyl (C=O) groups excluding carboxylic acids is 1. The minimum atomic E-state index is -0.115. The largest absolute Gasteiger partial charge is 0.331 e. The topological polar surface area (TPSA) is 46.1 Å². The molecule has 3 rings (SSSR count). The van der Waals surface area contributed by atoms with Crippen LogP contribution in [0.25, 0.3) is 0 Å². The summed E-state index contributed by atoms with van der Waals surface area (Å²) in [4.78, 5) is 22.5. The molecule has 1 aliphatic rings. The first kappa shape index (κ1) is 14.3. The number of hydrogen-bond acceptors (Lipinski definition) is 3. The summed E-state index contributed by atoms with van der Waals surface area (Å²) >= 11 is 12.0. The lowest BCUT2D eigenvalue weighted by Gasteiger charge is -2.23. The fourth-order valence-corrected chi connectivity index (χ4v) is 2.52. The van der Waals surface area contributed by atoms with Gasteiger partial charge in [-0.2, -0.15) is 0 Å². The number of rotatable bonds is 4. The van der Waals surface area contributed by atoms with Gasteiger partial charge in [-0.05, 0) is 30.5 Å². The third-order valence-corrected chi connectivity index (χ3v) is 3.88. The molecule has 0 aromatic carbocycles. The molecule has 1 saturated carbocycles. The molecule has 0 N–H and O–H groups in total. The summed E-state index contributed by atoms with van der Waals surface area (Å²) in [6, 6.07) is 5.60. The zero-order chi connectivity index (χ0) is 14.8. The highest BCUT2D eigenvalue weighted by Gasteiger charge is 2.34. The second-order valence-electron chi connectivity index (χ2n) is 5.01. The number of pyridine rings is 2. The van der Waals surface area contributed by atoms with Crippen molar-refractivity contribution in [3.63, 3.8) is 0 Å². The average molecular weight is 322 g/mol. The van der Waals surface area contributed by atoms with Crippen molar-refractivity contribution < 1.29 is 4.79 Å². The van der Waals surface area contributed by atoms with Gasteiger partial charge in [-0.25, -0.2) is 4.98 Å². The molecule has 0 saturated heterocycles. The third-order valence-electron chi connectivity index (χ3n) is 3.38. The lowest BCUT2D eigenvalue weighted by Crippen LogP contribution is -2.32. The molecule has 0 aliphatic heterocycles. The number of amides is 1. The van der Waals surface area contributed by atoms with E-state index >= 15 is 0 Å². The molecule has 4 nitrogen and oxygen atoms in total. The Bertz CT molecular complexity index is 659. The van der Waals surface area contributed by atoms with E-state index in [1.54, 1.807) is 12.4 Å². The molecule has 2 aromatic rings. The van der Waals surface area contributed by atoms with Gasteiger partial charge in [-0.1, -0.05) is 29.3 Å². The van der Waals surface area contributed by atoms with Crippen LogP contribution in [0.2, 0.25) is 10.2 Å². The summed E-state index contributed by atoms with van der Waals surface area (Å²) in [5, 5.41) is 0.584. The standard InChI is InChI=1S/C15H13Cl2N3O/c16-13-8-19-14(17)6-12(13)15(21)20(11-3-4-11)9-10-2-1-5-18-7-10/h1-2,5-8,11H,3-4,9H2. The molecule has 0 atom stereocenters. The molecule has 2 heterocycles. The monoisotopic (exact) mass is 321 g/mol. The van der Waals surface area contributed by atoms with Crippen LogP contribution in [0.15, 0.2) is 36.8 Å². The van der Waals surface area contributed by atoms with Crippen molar-refractivity contribution in [2.24, 2.45) is 0 Å². The van der Waals surface area contributed by atoms with Gasteiger partial charge in [0.25, 0.3) is 5.91 Å². The van der Waals surface area contributed by atoms with E-state index in [-0.39, 0.29) is 17.1 Å². The van der Waals surface area contributed by atoms with Gasteiger partial charge < -0.3 is 4.90 Å². The first-order valence-corrected chi connectivity index (χ1v) is 7.41. The van der Waals surface area contributed by atoms with E-state index in [2.05, 4.69) is 9.97 Å². The number of nitrogens with zero attached hydrogens (tertiary/aromatic N) is 3. The van der Waals surface area contributed by atoms with E-state index in [4.69, 9.17) is 23.2 Å². The molecule has 1 amide bonds. The van der Waals surface area contributed by atoms with E-state index in [1.165, 1.54) is 12.3 Å². The van der Waals surface area contributed by atoms with Crippen molar-refractivity contribution in [2.75, 3.05) is 0 Å². The van der Waals surface area contributed by atoms with Crippen LogP contribution in [0.3, 0.4) is 0 Å². The summed E-state index contributed by atoms with van der Waals surface area (Å²) < 4.78 is 0. The second-order valence-corrected chi connectivity index (χ2v) is 5.81. The molecule has 0 radical (unpaired) electrons. The van der Waals surface area contributed by atoms with Crippen LogP contribution < -0.4 is 0 Å². The summed E-state index contributed by atoms with van der Waals surface area (Å²) in [7, 11) is 0. The minimum absolute atomic E-state index is 0.115. The molecule has 2 aromatic heterocycles. The van der Waals surface area contributed by atoms with Crippen LogP contribution in [0.4, 0.5) is 0 Å². The molecular formula is C15H13Cl2N3O. The van der Waals surface area contributed by atoms with Crippen LogP contribution >= 0.6 is 23.2 Å². The predicted molar refractivity (Wildman–Crippen MR) is 81.4 cm³/mol. The highest BCUT2D eigenvalue weighted by atomic mass is 35.5. The SMILES string of the molecule is O=C(c1cc(Cl)ncc1Cl)N(Cc1cccnc1)C1CC1. The molecule has 21 heavy (non-hydrogen) atoms. The van der Waals surface area contributed by atoms with E-state index in [1.807, 2.05) is 17.0 Å². The van der Waals surface area contributed by atoms with Gasteiger partial charge in [0.05, 0.1) is 10.6 Å². The van der Waals surface area contributed by atoms with Crippen molar-refractivity contribution in [3.8, 4) is 0 Å². The van der Waals surface area contributed by atoms with Crippen molar-refractivity contribution in [3.05, 3.63) is 58.1 Å². The Morgan fingerprint density at radius 1 is 1.33 bits per heavy atom. The maximum absolute atomic E-state index is 12.7. The zero-order valence-electron chi connectivity index (χ0n) is 11.2. The first-order valence-electron chi connectivity index (χ1n) is 6.66. The van der Waals surface area contributed by atoms with Gasteiger partial charge in [-0.3, -0.25) is 9.78 Å². The quantitative estimate of drug-likeness (QED) is 0.808. The van der Waals surface area contributed by atoms with E-state index in [9.17, 15) is 4.79 Å². The number of carbonyl (C=O) groups is 1. The first-order chi connectivity index (χ1) is 10.1. The molecule has 6 heteroatoms. The molecule has 108 valence electrons. The normalized spacial score (nSPS) is 14.0. The highest BCUT2D eigenvalue weighted by molar-refractivity contribution is 6.35. The fourth-order valence-electron chi connectivity index (χ4n) is 2.17. The van der Waals surface area contributed by atoms with Crippen LogP contribution in [0.1, 0.15) is 28.8 Å². The second kappa shape index (κ2) is 6.00. The van der Waals surface area contributed by atoms with Gasteiger partial charge in [-0.15, -0.1) is 0 Å². The Morgan fingerprint density at radius 2 is 2.14 bits per heavy atom. The lowest BCUT2D eigenvalue weighted by atomic mass is 10.2. The maximum atomic E-state index is 12.7. The third kappa shape index (κ3) is 3.34. The smallest absolute Gasteiger partial charge is 0.256 e. The Balaban J connectivity index is 1.87. The summed E-state index contributed by atoms with van der Waals surface area (Å²) in [5.41, 5.74) is 1.39. The Morgan fingerprint density at radius 3 is 2.81 bits per heavy atom. The number of aromatic nitrogens is 2. The molecule has 0 unspecified atom stereocenters. The van der Waals surface area contributed by atoms with Crippen molar-refractivity contribution in [1.29, 1.82) is 0 Å². The van der Waals surface area contributed by atoms with Gasteiger partial charge in [0.2, 0.25) is 0 Å². The number of halogens is 2. The highest BCUT2D eigenvalue weighted by Crippen LogP contribution is 2.31. The van der Waals surface area contributed by atoms with Gasteiger partial charge in [0.1, 0.15) is 5.15 Å². The Hall–Kier alpha value is -1.65. The van der Waals surface area contributed by atoms with E-state index in [0.717, 1.165) is 18.4 Å². The van der Waals surface area contributed by atoms with Crippen LogP contribution in [-0.2, 0) is 6.54 Å². The fraction of sp³-hybridized carbons (Fsp3) is 0.267. The van der Waals surface area contributed by atoms with Gasteiger partial charge in [0.15, 0.2) is 0 Å². The summed E-state index contributed by atoms with van der Waals surface area (Å²) in [5.74, 6) is -0.115. The van der Waals surface area contributed by atoms with Crippen LogP contribution in [-0.4, -0.2) is 26.8 Å². The average Bonchev–Trinajstić information content (AvgIpc) is 3.32. The molecule has 0 spiro atoms. The number of hydrogen-bond donors (Lipinski definition) is 0. The van der Waals surface area contributed by atoms with Gasteiger partial charge in [0, 0.05) is 31.2 Å². The summed E-state index contributed by atoms with van der Waals surface area (Å²) in [6.07, 6.45) is 6.92. The van der Waals surface area contributed by atoms with Gasteiger partial charge >= 0.3 is 0 Å². The van der Waals surface area contributed by atoms with E-state index < -0.39 is 0 Å². The van der Waals surface area contributed by atoms with Crippen molar-refractivity contribution >= 4 is 29.1 Å². The molecular weight excluding hydrogens is 309 g/mol. The predicted octanol–water partition coefficient (Wildman–Crippen LogP) is 3.59. The van der Waals surface area contributed by atoms with Crippen LogP contribution in [0, 0.1) is 0 Å². The summed E-state index contributed by atoms with van der Waals surface area (Å²) in [6.45, 7) is 0.521. The molecule has 1 aliphatic carbocycles. The van der Waals surface area contributed by atoms with E-state index in [0.29, 0.717) is 17.1 Å². The maximum Gasteiger partial charge on any atom is 0.256 e. The van der Waals surface area contributed by atoms with Crippen molar-refractivity contribution in [1.82, 2.24) is 14.9 Å². The lowest BCUT2D eigenvalue weighted by molar-refractivity contribution is 0.0730. The molecule has 0 bridgehead atoms.